The smallest absolute Gasteiger partial charge is 0.278 e. The normalized spacial score (nSPS) is 13.5. The average Bonchev–Trinajstić information content (AvgIpc) is 3.04. The zero-order chi connectivity index (χ0) is 22.7. The first-order valence-electron chi connectivity index (χ1n) is 9.76. The number of pyridine rings is 1. The van der Waals surface area contributed by atoms with Crippen LogP contribution in [0.1, 0.15) is 11.1 Å². The molecule has 0 spiro atoms. The second-order valence-corrected chi connectivity index (χ2v) is 7.00. The SMILES string of the molecule is COc1ccc(OC)c(NC2=C(c3ccc(F)cc3)C(=O)N(Cc3ccncc3)C2=O)c1. The minimum Gasteiger partial charge on any atom is -0.497 e. The van der Waals surface area contributed by atoms with Gasteiger partial charge in [-0.25, -0.2) is 4.39 Å². The molecule has 8 heteroatoms. The molecule has 0 saturated carbocycles. The summed E-state index contributed by atoms with van der Waals surface area (Å²) in [6, 6.07) is 14.0. The van der Waals surface area contributed by atoms with Crippen LogP contribution in [0.25, 0.3) is 5.57 Å². The standard InChI is InChI=1S/C24H20FN3O4/c1-31-18-7-8-20(32-2)19(13-18)27-22-21(16-3-5-17(25)6-4-16)23(29)28(24(22)30)14-15-9-11-26-12-10-15/h3-13,27H,14H2,1-2H3. The van der Waals surface area contributed by atoms with E-state index in [-0.39, 0.29) is 17.8 Å². The number of hydrogen-bond acceptors (Lipinski definition) is 6. The maximum atomic E-state index is 13.5. The van der Waals surface area contributed by atoms with Crippen LogP contribution in [0.2, 0.25) is 0 Å². The van der Waals surface area contributed by atoms with E-state index in [0.29, 0.717) is 22.7 Å². The Labute approximate surface area is 184 Å². The van der Waals surface area contributed by atoms with Gasteiger partial charge in [0.25, 0.3) is 11.8 Å². The summed E-state index contributed by atoms with van der Waals surface area (Å²) < 4.78 is 24.2. The Morgan fingerprint density at radius 3 is 2.31 bits per heavy atom. The van der Waals surface area contributed by atoms with Crippen LogP contribution in [-0.2, 0) is 16.1 Å². The number of nitrogens with zero attached hydrogens (tertiary/aromatic N) is 2. The molecule has 0 bridgehead atoms. The van der Waals surface area contributed by atoms with E-state index in [0.717, 1.165) is 10.5 Å². The van der Waals surface area contributed by atoms with Crippen LogP contribution >= 0.6 is 0 Å². The summed E-state index contributed by atoms with van der Waals surface area (Å²) in [5.41, 5.74) is 1.84. The zero-order valence-corrected chi connectivity index (χ0v) is 17.5. The topological polar surface area (TPSA) is 80.8 Å². The Bertz CT molecular complexity index is 1190. The number of aromatic nitrogens is 1. The maximum Gasteiger partial charge on any atom is 0.278 e. The minimum absolute atomic E-state index is 0.0715. The number of benzene rings is 2. The third kappa shape index (κ3) is 4.02. The summed E-state index contributed by atoms with van der Waals surface area (Å²) in [5.74, 6) is -0.422. The zero-order valence-electron chi connectivity index (χ0n) is 17.5. The molecule has 4 rings (SSSR count). The number of nitrogens with one attached hydrogen (secondary N) is 1. The molecule has 162 valence electrons. The van der Waals surface area contributed by atoms with Gasteiger partial charge in [0, 0.05) is 18.5 Å². The van der Waals surface area contributed by atoms with Crippen LogP contribution < -0.4 is 14.8 Å². The van der Waals surface area contributed by atoms with E-state index in [4.69, 9.17) is 9.47 Å². The number of rotatable bonds is 7. The third-order valence-corrected chi connectivity index (χ3v) is 5.06. The van der Waals surface area contributed by atoms with E-state index in [9.17, 15) is 14.0 Å². The highest BCUT2D eigenvalue weighted by Gasteiger charge is 2.39. The van der Waals surface area contributed by atoms with Crippen molar-refractivity contribution in [2.45, 2.75) is 6.54 Å². The Hall–Kier alpha value is -4.20. The number of methoxy groups -OCH3 is 2. The monoisotopic (exact) mass is 433 g/mol. The lowest BCUT2D eigenvalue weighted by atomic mass is 10.0. The first kappa shape index (κ1) is 21.0. The van der Waals surface area contributed by atoms with E-state index in [1.165, 1.54) is 38.5 Å². The molecule has 0 radical (unpaired) electrons. The molecule has 3 aromatic rings. The lowest BCUT2D eigenvalue weighted by Crippen LogP contribution is -2.32. The highest BCUT2D eigenvalue weighted by Crippen LogP contribution is 2.35. The third-order valence-electron chi connectivity index (χ3n) is 5.06. The number of imide groups is 1. The Morgan fingerprint density at radius 2 is 1.66 bits per heavy atom. The van der Waals surface area contributed by atoms with Gasteiger partial charge in [0.15, 0.2) is 0 Å². The highest BCUT2D eigenvalue weighted by molar-refractivity contribution is 6.36. The summed E-state index contributed by atoms with van der Waals surface area (Å²) >= 11 is 0. The fraction of sp³-hybridized carbons (Fsp3) is 0.125. The van der Waals surface area contributed by atoms with Gasteiger partial charge in [0.1, 0.15) is 23.0 Å². The molecule has 0 saturated heterocycles. The van der Waals surface area contributed by atoms with Crippen molar-refractivity contribution in [2.24, 2.45) is 0 Å². The molecule has 2 amide bonds. The largest absolute Gasteiger partial charge is 0.497 e. The first-order chi connectivity index (χ1) is 15.5. The van der Waals surface area contributed by atoms with E-state index < -0.39 is 17.6 Å². The Balaban J connectivity index is 1.78. The molecule has 0 atom stereocenters. The molecule has 0 fully saturated rings. The van der Waals surface area contributed by atoms with Crippen molar-refractivity contribution in [3.05, 3.63) is 89.6 Å². The predicted molar refractivity (Wildman–Crippen MR) is 116 cm³/mol. The second kappa shape index (κ2) is 8.89. The lowest BCUT2D eigenvalue weighted by Gasteiger charge is -2.16. The summed E-state index contributed by atoms with van der Waals surface area (Å²) in [4.78, 5) is 31.8. The fourth-order valence-corrected chi connectivity index (χ4v) is 3.44. The molecular formula is C24H20FN3O4. The molecular weight excluding hydrogens is 413 g/mol. The molecule has 1 aromatic heterocycles. The van der Waals surface area contributed by atoms with Crippen molar-refractivity contribution in [3.8, 4) is 11.5 Å². The first-order valence-corrected chi connectivity index (χ1v) is 9.76. The van der Waals surface area contributed by atoms with Crippen molar-refractivity contribution in [1.29, 1.82) is 0 Å². The molecule has 2 heterocycles. The highest BCUT2D eigenvalue weighted by atomic mass is 19.1. The Morgan fingerprint density at radius 1 is 0.938 bits per heavy atom. The number of ether oxygens (including phenoxy) is 2. The Kier molecular flexibility index (Phi) is 5.85. The van der Waals surface area contributed by atoms with Gasteiger partial charge in [-0.2, -0.15) is 0 Å². The van der Waals surface area contributed by atoms with Crippen molar-refractivity contribution in [2.75, 3.05) is 19.5 Å². The minimum atomic E-state index is -0.504. The van der Waals surface area contributed by atoms with Gasteiger partial charge in [0.05, 0.1) is 32.0 Å². The molecule has 1 aliphatic heterocycles. The van der Waals surface area contributed by atoms with Gasteiger partial charge in [-0.1, -0.05) is 12.1 Å². The molecule has 0 aliphatic carbocycles. The van der Waals surface area contributed by atoms with Crippen molar-refractivity contribution in [1.82, 2.24) is 9.88 Å². The van der Waals surface area contributed by atoms with Gasteiger partial charge in [-0.3, -0.25) is 19.5 Å². The second-order valence-electron chi connectivity index (χ2n) is 7.00. The average molecular weight is 433 g/mol. The quantitative estimate of drug-likeness (QED) is 0.573. The van der Waals surface area contributed by atoms with Gasteiger partial charge < -0.3 is 14.8 Å². The van der Waals surface area contributed by atoms with Crippen LogP contribution in [0.15, 0.2) is 72.7 Å². The van der Waals surface area contributed by atoms with Crippen LogP contribution in [0.4, 0.5) is 10.1 Å². The van der Waals surface area contributed by atoms with Gasteiger partial charge in [-0.05, 0) is 47.5 Å². The lowest BCUT2D eigenvalue weighted by molar-refractivity contribution is -0.137. The van der Waals surface area contributed by atoms with E-state index in [2.05, 4.69) is 10.3 Å². The molecule has 2 aromatic carbocycles. The van der Waals surface area contributed by atoms with Gasteiger partial charge in [-0.15, -0.1) is 0 Å². The van der Waals surface area contributed by atoms with Gasteiger partial charge in [0.2, 0.25) is 0 Å². The fourth-order valence-electron chi connectivity index (χ4n) is 3.44. The molecule has 7 nitrogen and oxygen atoms in total. The number of carbonyl (C=O) groups excluding carboxylic acids is 2. The molecule has 32 heavy (non-hydrogen) atoms. The van der Waals surface area contributed by atoms with Crippen LogP contribution in [0.5, 0.6) is 11.5 Å². The van der Waals surface area contributed by atoms with Crippen molar-refractivity contribution >= 4 is 23.1 Å². The summed E-state index contributed by atoms with van der Waals surface area (Å²) in [7, 11) is 3.02. The van der Waals surface area contributed by atoms with Crippen LogP contribution in [0, 0.1) is 5.82 Å². The predicted octanol–water partition coefficient (Wildman–Crippen LogP) is 3.63. The summed E-state index contributed by atoms with van der Waals surface area (Å²) in [6.45, 7) is 0.0747. The molecule has 1 aliphatic rings. The van der Waals surface area contributed by atoms with E-state index >= 15 is 0 Å². The van der Waals surface area contributed by atoms with Crippen molar-refractivity contribution < 1.29 is 23.5 Å². The number of hydrogen-bond donors (Lipinski definition) is 1. The van der Waals surface area contributed by atoms with Crippen LogP contribution in [0.3, 0.4) is 0 Å². The van der Waals surface area contributed by atoms with Crippen molar-refractivity contribution in [3.63, 3.8) is 0 Å². The number of carbonyl (C=O) groups is 2. The summed E-state index contributed by atoms with van der Waals surface area (Å²) in [6.07, 6.45) is 3.18. The van der Waals surface area contributed by atoms with Crippen LogP contribution in [-0.4, -0.2) is 35.9 Å². The number of anilines is 1. The molecule has 1 N–H and O–H groups in total. The summed E-state index contributed by atoms with van der Waals surface area (Å²) in [5, 5.41) is 3.05. The molecule has 0 unspecified atom stereocenters. The number of halogens is 1. The maximum absolute atomic E-state index is 13.5. The van der Waals surface area contributed by atoms with E-state index in [1.54, 1.807) is 42.7 Å². The number of amides is 2. The van der Waals surface area contributed by atoms with Gasteiger partial charge >= 0.3 is 0 Å². The van der Waals surface area contributed by atoms with E-state index in [1.807, 2.05) is 0 Å².